The lowest BCUT2D eigenvalue weighted by Gasteiger charge is -2.01. The summed E-state index contributed by atoms with van der Waals surface area (Å²) in [6.07, 6.45) is 2.97. The average molecular weight is 189 g/mol. The minimum absolute atomic E-state index is 0.0161. The second-order valence-corrected chi connectivity index (χ2v) is 2.86. The van der Waals surface area contributed by atoms with Gasteiger partial charge in [-0.15, -0.1) is 0 Å². The van der Waals surface area contributed by atoms with Crippen LogP contribution in [0.5, 0.6) is 0 Å². The van der Waals surface area contributed by atoms with Gasteiger partial charge in [-0.2, -0.15) is 0 Å². The summed E-state index contributed by atoms with van der Waals surface area (Å²) >= 11 is 0. The first kappa shape index (κ1) is 8.43. The van der Waals surface area contributed by atoms with Crippen LogP contribution >= 0.6 is 0 Å². The highest BCUT2D eigenvalue weighted by Crippen LogP contribution is 2.28. The summed E-state index contributed by atoms with van der Waals surface area (Å²) in [6.45, 7) is 0. The van der Waals surface area contributed by atoms with Gasteiger partial charge in [-0.3, -0.25) is 15.1 Å². The fourth-order valence-corrected chi connectivity index (χ4v) is 1.39. The molecule has 1 aromatic carbocycles. The molecule has 0 unspecified atom stereocenters. The number of benzene rings is 1. The van der Waals surface area contributed by atoms with Gasteiger partial charge in [0.25, 0.3) is 5.69 Å². The lowest BCUT2D eigenvalue weighted by Crippen LogP contribution is -1.94. The number of nitro groups is 1. The average Bonchev–Trinajstić information content (AvgIpc) is 2.17. The van der Waals surface area contributed by atoms with E-state index in [0.29, 0.717) is 16.5 Å². The maximum absolute atomic E-state index is 10.7. The molecule has 2 N–H and O–H groups in total. The molecule has 0 bridgehead atoms. The van der Waals surface area contributed by atoms with Crippen LogP contribution < -0.4 is 5.73 Å². The van der Waals surface area contributed by atoms with E-state index in [2.05, 4.69) is 4.98 Å². The summed E-state index contributed by atoms with van der Waals surface area (Å²) in [5.74, 6) is 0. The van der Waals surface area contributed by atoms with Gasteiger partial charge in [0.05, 0.1) is 22.2 Å². The number of hydrogen-bond donors (Lipinski definition) is 1. The van der Waals surface area contributed by atoms with Crippen LogP contribution in [0.15, 0.2) is 30.6 Å². The second-order valence-electron chi connectivity index (χ2n) is 2.86. The van der Waals surface area contributed by atoms with Gasteiger partial charge < -0.3 is 5.73 Å². The Kier molecular flexibility index (Phi) is 1.78. The molecule has 5 heteroatoms. The summed E-state index contributed by atoms with van der Waals surface area (Å²) in [5, 5.41) is 11.8. The number of nitrogen functional groups attached to an aromatic ring is 1. The third-order valence-electron chi connectivity index (χ3n) is 1.99. The van der Waals surface area contributed by atoms with Crippen LogP contribution in [0.1, 0.15) is 0 Å². The zero-order chi connectivity index (χ0) is 10.1. The molecule has 2 rings (SSSR count). The summed E-state index contributed by atoms with van der Waals surface area (Å²) in [6, 6.07) is 4.78. The van der Waals surface area contributed by atoms with E-state index in [9.17, 15) is 10.1 Å². The highest BCUT2D eigenvalue weighted by Gasteiger charge is 2.13. The van der Waals surface area contributed by atoms with Crippen LogP contribution in [0.4, 0.5) is 11.4 Å². The summed E-state index contributed by atoms with van der Waals surface area (Å²) in [7, 11) is 0. The SMILES string of the molecule is Nc1cncc2cccc([N+](=O)[O-])c12. The highest BCUT2D eigenvalue weighted by molar-refractivity contribution is 5.98. The number of non-ortho nitro benzene ring substituents is 1. The third-order valence-corrected chi connectivity index (χ3v) is 1.99. The van der Waals surface area contributed by atoms with Crippen molar-refractivity contribution in [2.75, 3.05) is 5.73 Å². The van der Waals surface area contributed by atoms with Crippen LogP contribution in [-0.4, -0.2) is 9.91 Å². The number of nitrogens with zero attached hydrogens (tertiary/aromatic N) is 2. The Bertz CT molecular complexity index is 505. The van der Waals surface area contributed by atoms with Crippen molar-refractivity contribution >= 4 is 22.1 Å². The minimum atomic E-state index is -0.446. The van der Waals surface area contributed by atoms with Gasteiger partial charge in [0.2, 0.25) is 0 Å². The van der Waals surface area contributed by atoms with Crippen molar-refractivity contribution in [1.82, 2.24) is 4.98 Å². The molecule has 0 radical (unpaired) electrons. The second kappa shape index (κ2) is 2.95. The van der Waals surface area contributed by atoms with E-state index < -0.39 is 4.92 Å². The van der Waals surface area contributed by atoms with E-state index in [1.807, 2.05) is 0 Å². The molecule has 0 atom stereocenters. The fourth-order valence-electron chi connectivity index (χ4n) is 1.39. The van der Waals surface area contributed by atoms with Crippen LogP contribution in [0.2, 0.25) is 0 Å². The van der Waals surface area contributed by atoms with E-state index >= 15 is 0 Å². The molecule has 0 spiro atoms. The molecular weight excluding hydrogens is 182 g/mol. The molecule has 5 nitrogen and oxygen atoms in total. The summed E-state index contributed by atoms with van der Waals surface area (Å²) in [5.41, 5.74) is 5.97. The number of nitrogens with two attached hydrogens (primary N) is 1. The van der Waals surface area contributed by atoms with E-state index in [-0.39, 0.29) is 5.69 Å². The highest BCUT2D eigenvalue weighted by atomic mass is 16.6. The number of hydrogen-bond acceptors (Lipinski definition) is 4. The first-order chi connectivity index (χ1) is 6.70. The number of fused-ring (bicyclic) bond motifs is 1. The molecule has 0 amide bonds. The van der Waals surface area contributed by atoms with Crippen molar-refractivity contribution < 1.29 is 4.92 Å². The predicted octanol–water partition coefficient (Wildman–Crippen LogP) is 1.73. The summed E-state index contributed by atoms with van der Waals surface area (Å²) < 4.78 is 0. The molecule has 0 aliphatic carbocycles. The first-order valence-electron chi connectivity index (χ1n) is 3.97. The molecule has 70 valence electrons. The molecular formula is C9H7N3O2. The number of aromatic nitrogens is 1. The third kappa shape index (κ3) is 1.15. The molecule has 2 aromatic rings. The topological polar surface area (TPSA) is 82.0 Å². The van der Waals surface area contributed by atoms with Gasteiger partial charge in [-0.05, 0) is 0 Å². The molecule has 0 aliphatic rings. The normalized spacial score (nSPS) is 10.3. The Morgan fingerprint density at radius 3 is 2.86 bits per heavy atom. The maximum atomic E-state index is 10.7. The quantitative estimate of drug-likeness (QED) is 0.547. The first-order valence-corrected chi connectivity index (χ1v) is 3.97. The lowest BCUT2D eigenvalue weighted by molar-refractivity contribution is -0.383. The Balaban J connectivity index is 2.91. The fraction of sp³-hybridized carbons (Fsp3) is 0. The van der Waals surface area contributed by atoms with Gasteiger partial charge >= 0.3 is 0 Å². The molecule has 0 aliphatic heterocycles. The lowest BCUT2D eigenvalue weighted by atomic mass is 10.1. The van der Waals surface area contributed by atoms with Crippen molar-refractivity contribution in [3.05, 3.63) is 40.7 Å². The van der Waals surface area contributed by atoms with Crippen molar-refractivity contribution in [2.45, 2.75) is 0 Å². The van der Waals surface area contributed by atoms with E-state index in [1.165, 1.54) is 12.3 Å². The van der Waals surface area contributed by atoms with Gasteiger partial charge in [-0.25, -0.2) is 0 Å². The zero-order valence-electron chi connectivity index (χ0n) is 7.18. The molecule has 0 fully saturated rings. The monoisotopic (exact) mass is 189 g/mol. The van der Waals surface area contributed by atoms with Crippen molar-refractivity contribution in [3.63, 3.8) is 0 Å². The molecule has 1 heterocycles. The Morgan fingerprint density at radius 2 is 2.14 bits per heavy atom. The molecule has 0 saturated carbocycles. The largest absolute Gasteiger partial charge is 0.397 e. The van der Waals surface area contributed by atoms with Gasteiger partial charge in [-0.1, -0.05) is 12.1 Å². The van der Waals surface area contributed by atoms with E-state index in [4.69, 9.17) is 5.73 Å². The van der Waals surface area contributed by atoms with Crippen molar-refractivity contribution in [2.24, 2.45) is 0 Å². The predicted molar refractivity (Wildman–Crippen MR) is 52.8 cm³/mol. The van der Waals surface area contributed by atoms with Crippen LogP contribution in [0, 0.1) is 10.1 Å². The van der Waals surface area contributed by atoms with Crippen molar-refractivity contribution in [1.29, 1.82) is 0 Å². The van der Waals surface area contributed by atoms with Crippen LogP contribution in [0.3, 0.4) is 0 Å². The number of rotatable bonds is 1. The minimum Gasteiger partial charge on any atom is -0.397 e. The van der Waals surface area contributed by atoms with Crippen molar-refractivity contribution in [3.8, 4) is 0 Å². The Morgan fingerprint density at radius 1 is 1.36 bits per heavy atom. The van der Waals surface area contributed by atoms with Crippen LogP contribution in [0.25, 0.3) is 10.8 Å². The maximum Gasteiger partial charge on any atom is 0.279 e. The zero-order valence-corrected chi connectivity index (χ0v) is 7.18. The number of nitro benzene ring substituents is 1. The number of pyridine rings is 1. The van der Waals surface area contributed by atoms with Crippen LogP contribution in [-0.2, 0) is 0 Å². The van der Waals surface area contributed by atoms with E-state index in [0.717, 1.165) is 0 Å². The molecule has 0 saturated heterocycles. The van der Waals surface area contributed by atoms with Gasteiger partial charge in [0.1, 0.15) is 0 Å². The number of anilines is 1. The smallest absolute Gasteiger partial charge is 0.279 e. The Labute approximate surface area is 79.3 Å². The Hall–Kier alpha value is -2.17. The standard InChI is InChI=1S/C9H7N3O2/c10-7-5-11-4-6-2-1-3-8(9(6)7)12(13)14/h1-5H,10H2. The molecule has 14 heavy (non-hydrogen) atoms. The van der Waals surface area contributed by atoms with Gasteiger partial charge in [0, 0.05) is 17.6 Å². The van der Waals surface area contributed by atoms with Gasteiger partial charge in [0.15, 0.2) is 0 Å². The van der Waals surface area contributed by atoms with E-state index in [1.54, 1.807) is 18.3 Å². The molecule has 1 aromatic heterocycles. The summed E-state index contributed by atoms with van der Waals surface area (Å²) in [4.78, 5) is 14.1.